The van der Waals surface area contributed by atoms with E-state index >= 15 is 0 Å². The van der Waals surface area contributed by atoms with Crippen molar-refractivity contribution in [3.05, 3.63) is 36.5 Å². The van der Waals surface area contributed by atoms with Crippen LogP contribution in [0.2, 0.25) is 0 Å². The molecule has 0 radical (unpaired) electrons. The maximum absolute atomic E-state index is 12.5. The molecule has 3 N–H and O–H groups in total. The van der Waals surface area contributed by atoms with Gasteiger partial charge < -0.3 is 20.1 Å². The molecule has 0 atom stereocenters. The summed E-state index contributed by atoms with van der Waals surface area (Å²) in [5.41, 5.74) is 1.84. The van der Waals surface area contributed by atoms with Gasteiger partial charge in [-0.1, -0.05) is 0 Å². The number of aromatic hydroxyl groups is 1. The van der Waals surface area contributed by atoms with Crippen molar-refractivity contribution in [1.29, 1.82) is 0 Å². The molecule has 0 unspecified atom stereocenters. The second kappa shape index (κ2) is 7.78. The van der Waals surface area contributed by atoms with Gasteiger partial charge in [-0.25, -0.2) is 9.78 Å². The largest absolute Gasteiger partial charge is 0.508 e. The van der Waals surface area contributed by atoms with Crippen molar-refractivity contribution in [1.82, 2.24) is 25.4 Å². The van der Waals surface area contributed by atoms with Gasteiger partial charge in [0, 0.05) is 37.7 Å². The van der Waals surface area contributed by atoms with Crippen LogP contribution in [-0.4, -0.2) is 56.3 Å². The molecule has 3 aromatic rings. The highest BCUT2D eigenvalue weighted by Crippen LogP contribution is 2.30. The number of nitrogens with zero attached hydrogens (tertiary/aromatic N) is 3. The molecule has 1 aromatic carbocycles. The highest BCUT2D eigenvalue weighted by molar-refractivity contribution is 5.87. The van der Waals surface area contributed by atoms with Crippen LogP contribution in [0.5, 0.6) is 11.5 Å². The highest BCUT2D eigenvalue weighted by atomic mass is 16.6. The molecule has 0 aliphatic carbocycles. The Balaban J connectivity index is 1.50. The first kappa shape index (κ1) is 18.7. The number of nitrogens with one attached hydrogen (secondary N) is 2. The summed E-state index contributed by atoms with van der Waals surface area (Å²) in [5, 5.41) is 19.7. The Bertz CT molecular complexity index is 1040. The van der Waals surface area contributed by atoms with Crippen molar-refractivity contribution in [2.24, 2.45) is 0 Å². The van der Waals surface area contributed by atoms with E-state index in [4.69, 9.17) is 4.74 Å². The van der Waals surface area contributed by atoms with Crippen LogP contribution in [0.1, 0.15) is 19.8 Å². The fourth-order valence-electron chi connectivity index (χ4n) is 3.40. The van der Waals surface area contributed by atoms with E-state index in [9.17, 15) is 14.7 Å². The first-order chi connectivity index (χ1) is 14.0. The average Bonchev–Trinajstić information content (AvgIpc) is 3.18. The zero-order valence-corrected chi connectivity index (χ0v) is 15.9. The Morgan fingerprint density at radius 2 is 1.97 bits per heavy atom. The molecule has 2 amide bonds. The maximum atomic E-state index is 12.5. The summed E-state index contributed by atoms with van der Waals surface area (Å²) in [6.07, 6.45) is 2.36. The molecule has 1 fully saturated rings. The van der Waals surface area contributed by atoms with Gasteiger partial charge >= 0.3 is 6.09 Å². The van der Waals surface area contributed by atoms with Gasteiger partial charge in [-0.3, -0.25) is 9.89 Å². The molecule has 3 heterocycles. The van der Waals surface area contributed by atoms with Crippen LogP contribution in [0.4, 0.5) is 4.79 Å². The minimum atomic E-state index is -0.559. The molecular formula is C20H21N5O4. The fourth-order valence-corrected chi connectivity index (χ4v) is 3.40. The maximum Gasteiger partial charge on any atom is 0.412 e. The minimum Gasteiger partial charge on any atom is -0.508 e. The summed E-state index contributed by atoms with van der Waals surface area (Å²) in [5.74, 6) is 0.542. The average molecular weight is 395 g/mol. The number of amides is 2. The van der Waals surface area contributed by atoms with Crippen LogP contribution < -0.4 is 10.1 Å². The summed E-state index contributed by atoms with van der Waals surface area (Å²) in [6, 6.07) is 8.21. The monoisotopic (exact) mass is 395 g/mol. The number of hydrogen-bond acceptors (Lipinski definition) is 6. The molecule has 1 saturated heterocycles. The zero-order valence-electron chi connectivity index (χ0n) is 15.9. The Labute approximate surface area is 166 Å². The molecular weight excluding hydrogens is 374 g/mol. The number of fused-ring (bicyclic) bond motifs is 1. The van der Waals surface area contributed by atoms with E-state index in [0.717, 1.165) is 5.56 Å². The smallest absolute Gasteiger partial charge is 0.412 e. The Kier molecular flexibility index (Phi) is 5.03. The van der Waals surface area contributed by atoms with Crippen LogP contribution in [0.3, 0.4) is 0 Å². The normalized spacial score (nSPS) is 14.7. The summed E-state index contributed by atoms with van der Waals surface area (Å²) in [4.78, 5) is 30.1. The number of carbonyl (C=O) groups is 2. The van der Waals surface area contributed by atoms with Gasteiger partial charge in [0.2, 0.25) is 5.91 Å². The van der Waals surface area contributed by atoms with Gasteiger partial charge in [0.15, 0.2) is 5.65 Å². The molecule has 4 rings (SSSR count). The SMILES string of the molecule is CC(=O)N1CCC(NC(=O)Oc2cc(-c3ccc(O)cc3)nc3[nH]ncc23)CC1. The number of ether oxygens (including phenoxy) is 1. The van der Waals surface area contributed by atoms with Gasteiger partial charge in [-0.05, 0) is 37.1 Å². The molecule has 0 bridgehead atoms. The number of phenolic OH excluding ortho intramolecular Hbond substituents is 1. The van der Waals surface area contributed by atoms with Crippen LogP contribution in [-0.2, 0) is 4.79 Å². The predicted octanol–water partition coefficient (Wildman–Crippen LogP) is 2.43. The van der Waals surface area contributed by atoms with Crippen molar-refractivity contribution in [2.75, 3.05) is 13.1 Å². The number of aromatic nitrogens is 3. The summed E-state index contributed by atoms with van der Waals surface area (Å²) in [7, 11) is 0. The lowest BCUT2D eigenvalue weighted by Crippen LogP contribution is -2.46. The minimum absolute atomic E-state index is 0.0450. The molecule has 0 spiro atoms. The summed E-state index contributed by atoms with van der Waals surface area (Å²) in [6.45, 7) is 2.78. The van der Waals surface area contributed by atoms with Crippen LogP contribution in [0.25, 0.3) is 22.3 Å². The highest BCUT2D eigenvalue weighted by Gasteiger charge is 2.23. The number of benzene rings is 1. The number of pyridine rings is 1. The van der Waals surface area contributed by atoms with Crippen LogP contribution >= 0.6 is 0 Å². The summed E-state index contributed by atoms with van der Waals surface area (Å²) >= 11 is 0. The number of piperidine rings is 1. The van der Waals surface area contributed by atoms with Crippen LogP contribution in [0.15, 0.2) is 36.5 Å². The number of likely N-dealkylation sites (tertiary alicyclic amines) is 1. The van der Waals surface area contributed by atoms with Crippen molar-refractivity contribution < 1.29 is 19.4 Å². The van der Waals surface area contributed by atoms with E-state index < -0.39 is 6.09 Å². The summed E-state index contributed by atoms with van der Waals surface area (Å²) < 4.78 is 5.57. The number of hydrogen-bond donors (Lipinski definition) is 3. The second-order valence-electron chi connectivity index (χ2n) is 7.00. The van der Waals surface area contributed by atoms with E-state index in [-0.39, 0.29) is 17.7 Å². The second-order valence-corrected chi connectivity index (χ2v) is 7.00. The lowest BCUT2D eigenvalue weighted by atomic mass is 10.1. The van der Waals surface area contributed by atoms with E-state index in [2.05, 4.69) is 20.5 Å². The molecule has 9 nitrogen and oxygen atoms in total. The third kappa shape index (κ3) is 4.13. The number of carbonyl (C=O) groups excluding carboxylic acids is 2. The predicted molar refractivity (Wildman–Crippen MR) is 105 cm³/mol. The van der Waals surface area contributed by atoms with Crippen LogP contribution in [0, 0.1) is 0 Å². The van der Waals surface area contributed by atoms with E-state index in [1.54, 1.807) is 48.4 Å². The van der Waals surface area contributed by atoms with Gasteiger partial charge in [0.25, 0.3) is 0 Å². The van der Waals surface area contributed by atoms with Crippen molar-refractivity contribution in [2.45, 2.75) is 25.8 Å². The number of H-pyrrole nitrogens is 1. The lowest BCUT2D eigenvalue weighted by Gasteiger charge is -2.31. The first-order valence-corrected chi connectivity index (χ1v) is 9.37. The third-order valence-corrected chi connectivity index (χ3v) is 5.01. The van der Waals surface area contributed by atoms with E-state index in [1.165, 1.54) is 0 Å². The molecule has 1 aliphatic heterocycles. The Morgan fingerprint density at radius 1 is 1.24 bits per heavy atom. The number of aromatic amines is 1. The quantitative estimate of drug-likeness (QED) is 0.626. The third-order valence-electron chi connectivity index (χ3n) is 5.01. The fraction of sp³-hybridized carbons (Fsp3) is 0.300. The topological polar surface area (TPSA) is 120 Å². The first-order valence-electron chi connectivity index (χ1n) is 9.37. The Hall–Kier alpha value is -3.62. The molecule has 29 heavy (non-hydrogen) atoms. The van der Waals surface area contributed by atoms with Crippen molar-refractivity contribution in [3.8, 4) is 22.8 Å². The zero-order chi connectivity index (χ0) is 20.4. The number of rotatable bonds is 3. The Morgan fingerprint density at radius 3 is 2.66 bits per heavy atom. The molecule has 9 heteroatoms. The van der Waals surface area contributed by atoms with Gasteiger partial charge in [-0.15, -0.1) is 0 Å². The molecule has 2 aromatic heterocycles. The number of phenols is 1. The van der Waals surface area contributed by atoms with E-state index in [1.807, 2.05) is 0 Å². The van der Waals surface area contributed by atoms with Crippen molar-refractivity contribution in [3.63, 3.8) is 0 Å². The van der Waals surface area contributed by atoms with E-state index in [0.29, 0.717) is 48.4 Å². The standard InChI is InChI=1S/C20H21N5O4/c1-12(26)25-8-6-14(7-9-25)22-20(28)29-18-10-17(13-2-4-15(27)5-3-13)23-19-16(18)11-21-24-19/h2-5,10-11,14,27H,6-9H2,1H3,(H,22,28)(H,21,23,24). The molecule has 150 valence electrons. The van der Waals surface area contributed by atoms with Gasteiger partial charge in [-0.2, -0.15) is 5.10 Å². The van der Waals surface area contributed by atoms with Gasteiger partial charge in [0.1, 0.15) is 11.5 Å². The molecule has 1 aliphatic rings. The lowest BCUT2D eigenvalue weighted by molar-refractivity contribution is -0.129. The van der Waals surface area contributed by atoms with Crippen molar-refractivity contribution >= 4 is 23.0 Å². The van der Waals surface area contributed by atoms with Gasteiger partial charge in [0.05, 0.1) is 17.3 Å². The molecule has 0 saturated carbocycles.